The third-order valence-electron chi connectivity index (χ3n) is 13.7. The summed E-state index contributed by atoms with van der Waals surface area (Å²) in [7, 11) is 0. The van der Waals surface area contributed by atoms with Crippen LogP contribution in [0, 0.1) is 20.8 Å². The Morgan fingerprint density at radius 1 is 0.410 bits per heavy atom. The first-order chi connectivity index (χ1) is 30.0. The Bertz CT molecular complexity index is 1980. The van der Waals surface area contributed by atoms with Crippen LogP contribution in [0.5, 0.6) is 0 Å². The van der Waals surface area contributed by atoms with E-state index in [1.54, 1.807) is 16.5 Å². The number of benzene rings is 2. The van der Waals surface area contributed by atoms with Gasteiger partial charge >= 0.3 is 0 Å². The molecule has 2 nitrogen and oxygen atoms in total. The minimum absolute atomic E-state index is 1.04. The second-order valence-electron chi connectivity index (χ2n) is 19.1. The van der Waals surface area contributed by atoms with Crippen LogP contribution in [0.15, 0.2) is 24.3 Å². The maximum atomic E-state index is 5.39. The molecule has 2 aromatic carbocycles. The SMILES string of the molecule is CCCCCCCCCCCCCCCCCCCCc1nc2c(C)ccc(-c3cc4c(CCCCCCCC)c(CCCCCCCC)c5cc(C)sc5c4s3)c2nc1C. The summed E-state index contributed by atoms with van der Waals surface area (Å²) in [5.74, 6) is 0. The number of rotatable bonds is 34. The van der Waals surface area contributed by atoms with E-state index in [0.717, 1.165) is 23.1 Å². The molecule has 0 bridgehead atoms. The highest BCUT2D eigenvalue weighted by atomic mass is 32.1. The largest absolute Gasteiger partial charge is 0.249 e. The lowest BCUT2D eigenvalue weighted by molar-refractivity contribution is 0.525. The number of fused-ring (bicyclic) bond motifs is 4. The Hall–Kier alpha value is -2.30. The van der Waals surface area contributed by atoms with Crippen LogP contribution in [-0.2, 0) is 19.3 Å². The zero-order valence-electron chi connectivity index (χ0n) is 40.4. The molecule has 0 unspecified atom stereocenters. The van der Waals surface area contributed by atoms with Crippen LogP contribution >= 0.6 is 22.7 Å². The van der Waals surface area contributed by atoms with Crippen molar-refractivity contribution >= 4 is 53.9 Å². The standard InChI is InChI=1S/C57H88N2S2/c1-7-10-13-16-19-20-21-22-23-24-25-26-27-28-29-30-33-36-39-52-46(6)58-55-49(41-40-44(4)54(55)59-52)53-43-51-48(38-35-32-18-15-12-9-3)47(37-34-31-17-14-11-8-2)50-42-45(5)60-56(50)57(51)61-53/h40-43H,7-39H2,1-6H3. The van der Waals surface area contributed by atoms with Gasteiger partial charge in [-0.2, -0.15) is 0 Å². The molecule has 0 amide bonds. The molecule has 0 aliphatic carbocycles. The first-order valence-electron chi connectivity index (χ1n) is 26.2. The molecule has 0 spiro atoms. The molecule has 0 N–H and O–H groups in total. The van der Waals surface area contributed by atoms with Crippen LogP contribution in [0.2, 0.25) is 0 Å². The molecule has 3 aromatic heterocycles. The highest BCUT2D eigenvalue weighted by Crippen LogP contribution is 2.46. The van der Waals surface area contributed by atoms with Crippen molar-refractivity contribution < 1.29 is 0 Å². The lowest BCUT2D eigenvalue weighted by Gasteiger charge is -2.14. The third-order valence-corrected chi connectivity index (χ3v) is 16.1. The van der Waals surface area contributed by atoms with Crippen LogP contribution in [0.3, 0.4) is 0 Å². The van der Waals surface area contributed by atoms with Crippen molar-refractivity contribution in [3.8, 4) is 10.4 Å². The first kappa shape index (κ1) is 49.7. The zero-order chi connectivity index (χ0) is 43.1. The van der Waals surface area contributed by atoms with Crippen LogP contribution in [-0.4, -0.2) is 9.97 Å². The second-order valence-corrected chi connectivity index (χ2v) is 21.4. The quantitative estimate of drug-likeness (QED) is 0.0385. The van der Waals surface area contributed by atoms with Gasteiger partial charge in [-0.05, 0) is 98.9 Å². The minimum Gasteiger partial charge on any atom is -0.249 e. The summed E-state index contributed by atoms with van der Waals surface area (Å²) < 4.78 is 3.02. The van der Waals surface area contributed by atoms with Gasteiger partial charge in [0.15, 0.2) is 0 Å². The van der Waals surface area contributed by atoms with Crippen LogP contribution in [0.4, 0.5) is 0 Å². The first-order valence-corrected chi connectivity index (χ1v) is 27.8. The fraction of sp³-hybridized carbons (Fsp3) is 0.684. The van der Waals surface area contributed by atoms with E-state index in [2.05, 4.69) is 65.8 Å². The maximum Gasteiger partial charge on any atom is 0.0979 e. The van der Waals surface area contributed by atoms with Crippen molar-refractivity contribution in [2.24, 2.45) is 0 Å². The molecule has 0 aliphatic heterocycles. The third kappa shape index (κ3) is 15.7. The van der Waals surface area contributed by atoms with E-state index in [1.807, 2.05) is 22.7 Å². The van der Waals surface area contributed by atoms with Gasteiger partial charge in [0.05, 0.1) is 31.8 Å². The van der Waals surface area contributed by atoms with Gasteiger partial charge in [0.25, 0.3) is 0 Å². The molecule has 0 fully saturated rings. The van der Waals surface area contributed by atoms with Crippen molar-refractivity contribution in [3.05, 3.63) is 57.2 Å². The Morgan fingerprint density at radius 2 is 0.820 bits per heavy atom. The normalized spacial score (nSPS) is 12.0. The summed E-state index contributed by atoms with van der Waals surface area (Å²) in [5, 5.41) is 3.07. The number of thiophene rings is 2. The van der Waals surface area contributed by atoms with E-state index in [-0.39, 0.29) is 0 Å². The molecular weight excluding hydrogens is 777 g/mol. The number of aromatic nitrogens is 2. The smallest absolute Gasteiger partial charge is 0.0979 e. The minimum atomic E-state index is 1.04. The van der Waals surface area contributed by atoms with Crippen LogP contribution in [0.1, 0.15) is 246 Å². The molecule has 0 aliphatic rings. The Balaban J connectivity index is 1.20. The van der Waals surface area contributed by atoms with E-state index in [9.17, 15) is 0 Å². The van der Waals surface area contributed by atoms with Crippen molar-refractivity contribution in [1.82, 2.24) is 9.97 Å². The van der Waals surface area contributed by atoms with Gasteiger partial charge in [0, 0.05) is 15.3 Å². The molecule has 0 radical (unpaired) electrons. The molecular formula is C57H88N2S2. The summed E-state index contributed by atoms with van der Waals surface area (Å²) in [6.07, 6.45) is 45.0. The van der Waals surface area contributed by atoms with Gasteiger partial charge in [-0.15, -0.1) is 22.7 Å². The van der Waals surface area contributed by atoms with Gasteiger partial charge < -0.3 is 0 Å². The number of hydrogen-bond donors (Lipinski definition) is 0. The van der Waals surface area contributed by atoms with Gasteiger partial charge in [0.2, 0.25) is 0 Å². The summed E-state index contributed by atoms with van der Waals surface area (Å²) >= 11 is 4.03. The fourth-order valence-electron chi connectivity index (χ4n) is 9.90. The predicted octanol–water partition coefficient (Wildman–Crippen LogP) is 20.0. The Labute approximate surface area is 382 Å². The average molecular weight is 865 g/mol. The van der Waals surface area contributed by atoms with Gasteiger partial charge in [-0.1, -0.05) is 206 Å². The zero-order valence-corrected chi connectivity index (χ0v) is 42.0. The summed E-state index contributed by atoms with van der Waals surface area (Å²) in [6, 6.07) is 9.74. The topological polar surface area (TPSA) is 25.8 Å². The maximum absolute atomic E-state index is 5.39. The van der Waals surface area contributed by atoms with Gasteiger partial charge in [0.1, 0.15) is 0 Å². The van der Waals surface area contributed by atoms with E-state index < -0.39 is 0 Å². The van der Waals surface area contributed by atoms with Crippen LogP contribution in [0.25, 0.3) is 41.6 Å². The fourth-order valence-corrected chi connectivity index (χ4v) is 12.3. The Morgan fingerprint density at radius 3 is 1.30 bits per heavy atom. The summed E-state index contributed by atoms with van der Waals surface area (Å²) in [4.78, 5) is 13.6. The molecule has 0 atom stereocenters. The van der Waals surface area contributed by atoms with Gasteiger partial charge in [-0.3, -0.25) is 0 Å². The molecule has 5 rings (SSSR count). The van der Waals surface area contributed by atoms with Crippen LogP contribution < -0.4 is 0 Å². The van der Waals surface area contributed by atoms with E-state index in [1.165, 1.54) is 247 Å². The van der Waals surface area contributed by atoms with Crippen molar-refractivity contribution in [2.75, 3.05) is 0 Å². The lowest BCUT2D eigenvalue weighted by Crippen LogP contribution is -2.01. The van der Waals surface area contributed by atoms with Gasteiger partial charge in [-0.25, -0.2) is 9.97 Å². The number of aryl methyl sites for hydroxylation is 6. The highest BCUT2D eigenvalue weighted by Gasteiger charge is 2.21. The number of unbranched alkanes of at least 4 members (excludes halogenated alkanes) is 27. The predicted molar refractivity (Wildman–Crippen MR) is 277 cm³/mol. The summed E-state index contributed by atoms with van der Waals surface area (Å²) in [6.45, 7) is 13.7. The number of hydrogen-bond acceptors (Lipinski definition) is 4. The summed E-state index contributed by atoms with van der Waals surface area (Å²) in [5.41, 5.74) is 10.3. The highest BCUT2D eigenvalue weighted by molar-refractivity contribution is 7.29. The monoisotopic (exact) mass is 865 g/mol. The van der Waals surface area contributed by atoms with Crippen molar-refractivity contribution in [2.45, 2.75) is 253 Å². The lowest BCUT2D eigenvalue weighted by atomic mass is 9.91. The molecule has 5 aromatic rings. The molecule has 0 saturated heterocycles. The molecule has 4 heteroatoms. The molecule has 61 heavy (non-hydrogen) atoms. The number of nitrogens with zero attached hydrogens (tertiary/aromatic N) is 2. The van der Waals surface area contributed by atoms with Crippen molar-refractivity contribution in [1.29, 1.82) is 0 Å². The second kappa shape index (κ2) is 28.5. The van der Waals surface area contributed by atoms with E-state index in [4.69, 9.17) is 9.97 Å². The van der Waals surface area contributed by atoms with Crippen molar-refractivity contribution in [3.63, 3.8) is 0 Å². The Kier molecular flexibility index (Phi) is 23.2. The molecule has 3 heterocycles. The van der Waals surface area contributed by atoms with E-state index >= 15 is 0 Å². The van der Waals surface area contributed by atoms with E-state index in [0.29, 0.717) is 0 Å². The molecule has 0 saturated carbocycles. The molecule has 338 valence electrons. The average Bonchev–Trinajstić information content (AvgIpc) is 3.87.